The van der Waals surface area contributed by atoms with E-state index in [2.05, 4.69) is 10.6 Å². The number of carbonyl (C=O) groups excluding carboxylic acids is 2. The van der Waals surface area contributed by atoms with Crippen molar-refractivity contribution in [2.45, 2.75) is 58.8 Å². The van der Waals surface area contributed by atoms with Gasteiger partial charge in [0.15, 0.2) is 0 Å². The predicted molar refractivity (Wildman–Crippen MR) is 79.9 cm³/mol. The molecule has 0 aromatic heterocycles. The van der Waals surface area contributed by atoms with Crippen molar-refractivity contribution in [1.29, 1.82) is 0 Å². The van der Waals surface area contributed by atoms with Crippen molar-refractivity contribution in [2.75, 3.05) is 26.2 Å². The van der Waals surface area contributed by atoms with E-state index in [0.717, 1.165) is 26.2 Å². The summed E-state index contributed by atoms with van der Waals surface area (Å²) in [6.45, 7) is 7.31. The first kappa shape index (κ1) is 30.3. The first-order valence-electron chi connectivity index (χ1n) is 7.38. The van der Waals surface area contributed by atoms with E-state index in [-0.39, 0.29) is 60.2 Å². The molecule has 2 aliphatic heterocycles. The molecule has 2 heterocycles. The Morgan fingerprint density at radius 3 is 1.00 bits per heavy atom. The third-order valence-electron chi connectivity index (χ3n) is 2.76. The summed E-state index contributed by atoms with van der Waals surface area (Å²) in [7, 11) is 0. The maximum absolute atomic E-state index is 10.0. The van der Waals surface area contributed by atoms with E-state index in [0.29, 0.717) is 0 Å². The molecule has 0 aromatic rings. The Morgan fingerprint density at radius 2 is 0.955 bits per heavy atom. The van der Waals surface area contributed by atoms with Gasteiger partial charge in [-0.3, -0.25) is 9.59 Å². The van der Waals surface area contributed by atoms with E-state index < -0.39 is 0 Å². The van der Waals surface area contributed by atoms with Gasteiger partial charge in [0.05, 0.1) is 6.42 Å². The summed E-state index contributed by atoms with van der Waals surface area (Å²) in [5.41, 5.74) is 0. The maximum atomic E-state index is 10.0. The molecule has 2 aliphatic rings. The fourth-order valence-electron chi connectivity index (χ4n) is 1.82. The second-order valence-corrected chi connectivity index (χ2v) is 5.04. The van der Waals surface area contributed by atoms with Crippen LogP contribution in [0, 0.1) is 0 Å². The zero-order valence-corrected chi connectivity index (χ0v) is 16.4. The molecule has 0 aromatic carbocycles. The van der Waals surface area contributed by atoms with E-state index in [1.807, 2.05) is 0 Å². The number of hydrogen-bond acceptors (Lipinski definition) is 2. The fourth-order valence-corrected chi connectivity index (χ4v) is 1.82. The zero-order chi connectivity index (χ0) is 14.3. The molecule has 2 fully saturated rings. The van der Waals surface area contributed by atoms with Crippen LogP contribution in [-0.4, -0.2) is 37.7 Å². The van der Waals surface area contributed by atoms with Crippen molar-refractivity contribution in [3.63, 3.8) is 0 Å². The topological polar surface area (TPSA) is 62.3 Å². The number of rotatable bonds is 2. The number of piperidine rings is 2. The Kier molecular flexibility index (Phi) is 32.5. The van der Waals surface area contributed by atoms with Crippen molar-refractivity contribution in [3.8, 4) is 0 Å². The minimum absolute atomic E-state index is 0. The number of nitrogens with zero attached hydrogens (tertiary/aromatic N) is 2. The van der Waals surface area contributed by atoms with Crippen LogP contribution in [0.2, 0.25) is 0 Å². The molecule has 132 valence electrons. The van der Waals surface area contributed by atoms with Crippen LogP contribution in [0.25, 0.3) is 10.6 Å². The van der Waals surface area contributed by atoms with Crippen molar-refractivity contribution < 1.29 is 51.8 Å². The summed E-state index contributed by atoms with van der Waals surface area (Å²) in [6, 6.07) is 0. The van der Waals surface area contributed by atoms with Gasteiger partial charge in [0.25, 0.3) is 0 Å². The molecule has 2 saturated heterocycles. The summed E-state index contributed by atoms with van der Waals surface area (Å²) < 4.78 is 0. The molecule has 0 spiro atoms. The summed E-state index contributed by atoms with van der Waals surface area (Å²) in [6.07, 6.45) is 8.23. The van der Waals surface area contributed by atoms with Crippen LogP contribution in [0.15, 0.2) is 0 Å². The third-order valence-corrected chi connectivity index (χ3v) is 2.76. The Morgan fingerprint density at radius 1 is 0.682 bits per heavy atom. The average Bonchev–Trinajstić information content (AvgIpc) is 2.42. The van der Waals surface area contributed by atoms with Gasteiger partial charge in [-0.25, -0.2) is 0 Å². The van der Waals surface area contributed by atoms with Gasteiger partial charge in [-0.15, -0.1) is 26.2 Å². The Bertz CT molecular complexity index is 203. The molecular formula is C15H28Cl2CrN2O2-2. The Labute approximate surface area is 158 Å². The molecule has 0 unspecified atom stereocenters. The first-order valence-corrected chi connectivity index (χ1v) is 7.38. The van der Waals surface area contributed by atoms with Gasteiger partial charge in [-0.1, -0.05) is 38.5 Å². The van der Waals surface area contributed by atoms with Crippen molar-refractivity contribution >= 4 is 11.6 Å². The summed E-state index contributed by atoms with van der Waals surface area (Å²) in [4.78, 5) is 20.1. The van der Waals surface area contributed by atoms with Gasteiger partial charge in [-0.2, -0.15) is 0 Å². The largest absolute Gasteiger partial charge is 2.00 e. The van der Waals surface area contributed by atoms with Crippen LogP contribution in [-0.2, 0) is 27.0 Å². The van der Waals surface area contributed by atoms with E-state index in [1.54, 1.807) is 0 Å². The van der Waals surface area contributed by atoms with E-state index in [4.69, 9.17) is 0 Å². The monoisotopic (exact) mass is 390 g/mol. The van der Waals surface area contributed by atoms with Gasteiger partial charge in [0.2, 0.25) is 0 Å². The maximum Gasteiger partial charge on any atom is 2.00 e. The van der Waals surface area contributed by atoms with Gasteiger partial charge < -0.3 is 35.4 Å². The van der Waals surface area contributed by atoms with Crippen LogP contribution in [0.4, 0.5) is 0 Å². The second-order valence-electron chi connectivity index (χ2n) is 5.04. The van der Waals surface area contributed by atoms with Gasteiger partial charge in [0.1, 0.15) is 11.6 Å². The molecule has 7 heteroatoms. The number of Topliss-reactive ketones (excluding diaryl/α,β-unsaturated/α-hetero) is 2. The third kappa shape index (κ3) is 28.5. The van der Waals surface area contributed by atoms with Crippen molar-refractivity contribution in [2.24, 2.45) is 0 Å². The standard InChI is InChI=1S/2C5H10N.C5H8O2.2ClH.Cr/c2*1-2-4-6-5-3-1;1-4(6)3-5(2)7;;;/h2*1-5H2;3H2,1-2H3;2*1H;/q2*-1;;;;+2/p-2. The van der Waals surface area contributed by atoms with Crippen LogP contribution < -0.4 is 24.8 Å². The SMILES string of the molecule is C1CC[N-]CC1.C1CC[N-]CC1.CC(=O)CC(C)=O.[Cl-].[Cl-].[Cr+2]. The molecule has 0 atom stereocenters. The van der Waals surface area contributed by atoms with Crippen LogP contribution in [0.1, 0.15) is 58.8 Å². The number of carbonyl (C=O) groups is 2. The van der Waals surface area contributed by atoms with Crippen LogP contribution in [0.3, 0.4) is 0 Å². The minimum Gasteiger partial charge on any atom is -1.00 e. The quantitative estimate of drug-likeness (QED) is 0.495. The van der Waals surface area contributed by atoms with Crippen molar-refractivity contribution in [1.82, 2.24) is 0 Å². The first-order chi connectivity index (χ1) is 9.13. The number of halogens is 2. The Balaban J connectivity index is -0.000000103. The molecule has 0 saturated carbocycles. The molecular weight excluding hydrogens is 363 g/mol. The van der Waals surface area contributed by atoms with E-state index in [9.17, 15) is 9.59 Å². The minimum atomic E-state index is -0.0625. The number of ketones is 2. The Hall–Kier alpha value is 0.372. The fraction of sp³-hybridized carbons (Fsp3) is 0.867. The van der Waals surface area contributed by atoms with Gasteiger partial charge in [-0.05, 0) is 13.8 Å². The molecule has 0 N–H and O–H groups in total. The van der Waals surface area contributed by atoms with Gasteiger partial charge >= 0.3 is 17.4 Å². The predicted octanol–water partition coefficient (Wildman–Crippen LogP) is -2.35. The molecule has 2 rings (SSSR count). The molecule has 0 bridgehead atoms. The second kappa shape index (κ2) is 23.6. The van der Waals surface area contributed by atoms with Crippen LogP contribution >= 0.6 is 0 Å². The summed E-state index contributed by atoms with van der Waals surface area (Å²) in [5, 5.41) is 8.35. The molecule has 22 heavy (non-hydrogen) atoms. The molecule has 4 nitrogen and oxygen atoms in total. The van der Waals surface area contributed by atoms with Gasteiger partial charge in [0, 0.05) is 0 Å². The van der Waals surface area contributed by atoms with Crippen LogP contribution in [0.5, 0.6) is 0 Å². The molecule has 0 radical (unpaired) electrons. The molecule has 0 amide bonds. The van der Waals surface area contributed by atoms with Crippen molar-refractivity contribution in [3.05, 3.63) is 10.6 Å². The number of hydrogen-bond donors (Lipinski definition) is 0. The average molecular weight is 391 g/mol. The smallest absolute Gasteiger partial charge is 1.00 e. The summed E-state index contributed by atoms with van der Waals surface area (Å²) in [5.74, 6) is -0.125. The van der Waals surface area contributed by atoms with E-state index >= 15 is 0 Å². The molecule has 0 aliphatic carbocycles. The summed E-state index contributed by atoms with van der Waals surface area (Å²) >= 11 is 0. The normalized spacial score (nSPS) is 15.7. The van der Waals surface area contributed by atoms with E-state index in [1.165, 1.54) is 52.4 Å². The zero-order valence-electron chi connectivity index (χ0n) is 13.7.